The van der Waals surface area contributed by atoms with Gasteiger partial charge in [-0.05, 0) is 30.7 Å². The van der Waals surface area contributed by atoms with Crippen LogP contribution in [0.2, 0.25) is 0 Å². The Balaban J connectivity index is 2.19. The maximum absolute atomic E-state index is 12.6. The number of ether oxygens (including phenoxy) is 1. The summed E-state index contributed by atoms with van der Waals surface area (Å²) in [6.07, 6.45) is 0.746. The number of nitrogens with one attached hydrogen (secondary N) is 1. The second-order valence-electron chi connectivity index (χ2n) is 4.80. The van der Waals surface area contributed by atoms with Crippen LogP contribution in [0, 0.1) is 0 Å². The van der Waals surface area contributed by atoms with Gasteiger partial charge in [0, 0.05) is 26.2 Å². The van der Waals surface area contributed by atoms with E-state index in [1.807, 2.05) is 13.0 Å². The number of benzene rings is 1. The summed E-state index contributed by atoms with van der Waals surface area (Å²) in [6.45, 7) is 5.63. The highest BCUT2D eigenvalue weighted by molar-refractivity contribution is 7.89. The molecule has 1 aliphatic heterocycles. The summed E-state index contributed by atoms with van der Waals surface area (Å²) in [5, 5.41) is 3.20. The average Bonchev–Trinajstić information content (AvgIpc) is 2.75. The summed E-state index contributed by atoms with van der Waals surface area (Å²) < 4.78 is 32.1. The van der Waals surface area contributed by atoms with E-state index in [-0.39, 0.29) is 0 Å². The molecule has 0 radical (unpaired) electrons. The van der Waals surface area contributed by atoms with Crippen molar-refractivity contribution in [1.82, 2.24) is 9.62 Å². The first-order chi connectivity index (χ1) is 9.64. The Morgan fingerprint density at radius 3 is 2.95 bits per heavy atom. The van der Waals surface area contributed by atoms with Crippen molar-refractivity contribution >= 4 is 10.0 Å². The third-order valence-corrected chi connectivity index (χ3v) is 5.19. The van der Waals surface area contributed by atoms with Gasteiger partial charge in [0.2, 0.25) is 10.0 Å². The Hall–Kier alpha value is -0.950. The molecule has 5 nitrogen and oxygen atoms in total. The molecule has 6 heteroatoms. The van der Waals surface area contributed by atoms with Crippen molar-refractivity contribution in [2.75, 3.05) is 32.8 Å². The first kappa shape index (κ1) is 15.4. The van der Waals surface area contributed by atoms with Gasteiger partial charge in [-0.25, -0.2) is 8.42 Å². The summed E-state index contributed by atoms with van der Waals surface area (Å²) >= 11 is 0. The van der Waals surface area contributed by atoms with Gasteiger partial charge in [-0.2, -0.15) is 4.31 Å². The molecular formula is C14H22N2O3S. The van der Waals surface area contributed by atoms with Crippen LogP contribution in [0.25, 0.3) is 0 Å². The van der Waals surface area contributed by atoms with E-state index in [4.69, 9.17) is 4.74 Å². The average molecular weight is 298 g/mol. The maximum Gasteiger partial charge on any atom is 0.243 e. The number of rotatable bonds is 5. The summed E-state index contributed by atoms with van der Waals surface area (Å²) in [7, 11) is -3.41. The van der Waals surface area contributed by atoms with Gasteiger partial charge in [0.15, 0.2) is 0 Å². The SMILES string of the molecule is CCNCc1cccc(S(=O)(=O)N2CCCOCC2)c1. The smallest absolute Gasteiger partial charge is 0.243 e. The lowest BCUT2D eigenvalue weighted by molar-refractivity contribution is 0.148. The van der Waals surface area contributed by atoms with Crippen LogP contribution >= 0.6 is 0 Å². The summed E-state index contributed by atoms with van der Waals surface area (Å²) in [4.78, 5) is 0.370. The monoisotopic (exact) mass is 298 g/mol. The molecule has 0 spiro atoms. The highest BCUT2D eigenvalue weighted by Crippen LogP contribution is 2.18. The molecule has 0 saturated carbocycles. The molecule has 0 bridgehead atoms. The summed E-state index contributed by atoms with van der Waals surface area (Å²) in [5.41, 5.74) is 0.985. The van der Waals surface area contributed by atoms with Crippen molar-refractivity contribution < 1.29 is 13.2 Å². The summed E-state index contributed by atoms with van der Waals surface area (Å²) in [6, 6.07) is 7.15. The quantitative estimate of drug-likeness (QED) is 0.887. The molecule has 0 aliphatic carbocycles. The minimum Gasteiger partial charge on any atom is -0.380 e. The number of sulfonamides is 1. The molecule has 1 fully saturated rings. The van der Waals surface area contributed by atoms with Crippen LogP contribution in [-0.2, 0) is 21.3 Å². The van der Waals surface area contributed by atoms with Crippen molar-refractivity contribution in [3.05, 3.63) is 29.8 Å². The van der Waals surface area contributed by atoms with Crippen LogP contribution in [0.3, 0.4) is 0 Å². The van der Waals surface area contributed by atoms with E-state index in [0.29, 0.717) is 37.7 Å². The van der Waals surface area contributed by atoms with Crippen molar-refractivity contribution in [3.8, 4) is 0 Å². The zero-order chi connectivity index (χ0) is 14.4. The Bertz CT molecular complexity index is 523. The normalized spacial score (nSPS) is 17.9. The largest absolute Gasteiger partial charge is 0.380 e. The van der Waals surface area contributed by atoms with E-state index in [1.165, 1.54) is 4.31 Å². The van der Waals surface area contributed by atoms with Gasteiger partial charge in [-0.3, -0.25) is 0 Å². The molecule has 0 amide bonds. The lowest BCUT2D eigenvalue weighted by atomic mass is 10.2. The van der Waals surface area contributed by atoms with Crippen LogP contribution in [0.4, 0.5) is 0 Å². The Labute approximate surface area is 121 Å². The van der Waals surface area contributed by atoms with Gasteiger partial charge in [0.1, 0.15) is 0 Å². The molecular weight excluding hydrogens is 276 g/mol. The van der Waals surface area contributed by atoms with Gasteiger partial charge >= 0.3 is 0 Å². The zero-order valence-electron chi connectivity index (χ0n) is 11.8. The molecule has 2 rings (SSSR count). The number of hydrogen-bond donors (Lipinski definition) is 1. The van der Waals surface area contributed by atoms with Crippen LogP contribution in [0.5, 0.6) is 0 Å². The second-order valence-corrected chi connectivity index (χ2v) is 6.74. The minimum absolute atomic E-state index is 0.370. The second kappa shape index (κ2) is 7.17. The third-order valence-electron chi connectivity index (χ3n) is 3.30. The van der Waals surface area contributed by atoms with Crippen LogP contribution < -0.4 is 5.32 Å². The maximum atomic E-state index is 12.6. The lowest BCUT2D eigenvalue weighted by Crippen LogP contribution is -2.33. The summed E-state index contributed by atoms with van der Waals surface area (Å²) in [5.74, 6) is 0. The van der Waals surface area contributed by atoms with Crippen molar-refractivity contribution in [2.45, 2.75) is 24.8 Å². The highest BCUT2D eigenvalue weighted by Gasteiger charge is 2.25. The molecule has 1 N–H and O–H groups in total. The predicted molar refractivity (Wildman–Crippen MR) is 78.0 cm³/mol. The third kappa shape index (κ3) is 3.79. The van der Waals surface area contributed by atoms with Crippen molar-refractivity contribution in [2.24, 2.45) is 0 Å². The Kier molecular flexibility index (Phi) is 5.54. The van der Waals surface area contributed by atoms with E-state index in [9.17, 15) is 8.42 Å². The molecule has 112 valence electrons. The lowest BCUT2D eigenvalue weighted by Gasteiger charge is -2.19. The Morgan fingerprint density at radius 1 is 1.30 bits per heavy atom. The fraction of sp³-hybridized carbons (Fsp3) is 0.571. The van der Waals surface area contributed by atoms with Gasteiger partial charge in [-0.1, -0.05) is 19.1 Å². The number of hydrogen-bond acceptors (Lipinski definition) is 4. The molecule has 1 aromatic carbocycles. The van der Waals surface area contributed by atoms with Gasteiger partial charge in [-0.15, -0.1) is 0 Å². The topological polar surface area (TPSA) is 58.6 Å². The van der Waals surface area contributed by atoms with Gasteiger partial charge in [0.25, 0.3) is 0 Å². The standard InChI is InChI=1S/C14H22N2O3S/c1-2-15-12-13-5-3-6-14(11-13)20(17,18)16-7-4-9-19-10-8-16/h3,5-6,11,15H,2,4,7-10,12H2,1H3. The molecule has 1 saturated heterocycles. The fourth-order valence-electron chi connectivity index (χ4n) is 2.20. The van der Waals surface area contributed by atoms with Crippen LogP contribution in [0.1, 0.15) is 18.9 Å². The fourth-order valence-corrected chi connectivity index (χ4v) is 3.73. The zero-order valence-corrected chi connectivity index (χ0v) is 12.7. The molecule has 0 unspecified atom stereocenters. The molecule has 20 heavy (non-hydrogen) atoms. The first-order valence-corrected chi connectivity index (χ1v) is 8.46. The first-order valence-electron chi connectivity index (χ1n) is 7.02. The molecule has 0 atom stereocenters. The highest BCUT2D eigenvalue weighted by atomic mass is 32.2. The molecule has 1 aliphatic rings. The van der Waals surface area contributed by atoms with E-state index >= 15 is 0 Å². The van der Waals surface area contributed by atoms with Crippen molar-refractivity contribution in [1.29, 1.82) is 0 Å². The van der Waals surface area contributed by atoms with E-state index in [2.05, 4.69) is 5.32 Å². The van der Waals surface area contributed by atoms with E-state index in [1.54, 1.807) is 18.2 Å². The van der Waals surface area contributed by atoms with Gasteiger partial charge < -0.3 is 10.1 Å². The number of nitrogens with zero attached hydrogens (tertiary/aromatic N) is 1. The Morgan fingerprint density at radius 2 is 2.15 bits per heavy atom. The van der Waals surface area contributed by atoms with Crippen molar-refractivity contribution in [3.63, 3.8) is 0 Å². The van der Waals surface area contributed by atoms with E-state index < -0.39 is 10.0 Å². The molecule has 0 aromatic heterocycles. The minimum atomic E-state index is -3.41. The van der Waals surface area contributed by atoms with Crippen LogP contribution in [0.15, 0.2) is 29.2 Å². The molecule has 1 heterocycles. The van der Waals surface area contributed by atoms with Gasteiger partial charge in [0.05, 0.1) is 11.5 Å². The van der Waals surface area contributed by atoms with E-state index in [0.717, 1.165) is 18.5 Å². The molecule has 1 aromatic rings. The predicted octanol–water partition coefficient (Wildman–Crippen LogP) is 1.21. The van der Waals surface area contributed by atoms with Crippen LogP contribution in [-0.4, -0.2) is 45.6 Å².